The molecular formula is C12H14N2S. The van der Waals surface area contributed by atoms with Crippen molar-refractivity contribution in [2.75, 3.05) is 5.32 Å². The zero-order chi connectivity index (χ0) is 10.3. The molecule has 1 saturated carbocycles. The summed E-state index contributed by atoms with van der Waals surface area (Å²) in [6.07, 6.45) is 3.70. The van der Waals surface area contributed by atoms with E-state index >= 15 is 0 Å². The van der Waals surface area contributed by atoms with Crippen LogP contribution in [-0.4, -0.2) is 11.0 Å². The van der Waals surface area contributed by atoms with Gasteiger partial charge in [0, 0.05) is 6.04 Å². The van der Waals surface area contributed by atoms with Gasteiger partial charge in [-0.1, -0.05) is 24.3 Å². The Morgan fingerprint density at radius 1 is 1.47 bits per heavy atom. The number of benzene rings is 1. The van der Waals surface area contributed by atoms with Crippen LogP contribution in [0.1, 0.15) is 25.3 Å². The molecule has 1 aromatic heterocycles. The van der Waals surface area contributed by atoms with E-state index in [0.29, 0.717) is 6.04 Å². The Labute approximate surface area is 93.3 Å². The van der Waals surface area contributed by atoms with E-state index in [1.165, 1.54) is 23.1 Å². The molecule has 0 aliphatic heterocycles. The average molecular weight is 218 g/mol. The summed E-state index contributed by atoms with van der Waals surface area (Å²) in [5.74, 6) is 0. The van der Waals surface area contributed by atoms with Crippen LogP contribution < -0.4 is 5.32 Å². The maximum absolute atomic E-state index is 4.58. The van der Waals surface area contributed by atoms with E-state index in [2.05, 4.69) is 35.4 Å². The standard InChI is InChI=1S/C12H14N2S/c1-2-8-3-6-10-11(7-8)15-12(14-10)13-9-4-5-9/h3,6-7,9H,2,4-5H2,1H3,(H,13,14). The van der Waals surface area contributed by atoms with Crippen molar-refractivity contribution in [1.82, 2.24) is 4.98 Å². The Morgan fingerprint density at radius 3 is 3.07 bits per heavy atom. The molecule has 0 unspecified atom stereocenters. The fourth-order valence-corrected chi connectivity index (χ4v) is 2.66. The molecule has 3 heteroatoms. The van der Waals surface area contributed by atoms with Gasteiger partial charge in [0.25, 0.3) is 0 Å². The number of thiazole rings is 1. The van der Waals surface area contributed by atoms with Crippen LogP contribution >= 0.6 is 11.3 Å². The Balaban J connectivity index is 1.97. The van der Waals surface area contributed by atoms with Crippen molar-refractivity contribution >= 4 is 26.7 Å². The first-order chi connectivity index (χ1) is 7.35. The van der Waals surface area contributed by atoms with Crippen molar-refractivity contribution in [2.24, 2.45) is 0 Å². The van der Waals surface area contributed by atoms with Crippen molar-refractivity contribution in [3.8, 4) is 0 Å². The van der Waals surface area contributed by atoms with Gasteiger partial charge in [-0.3, -0.25) is 0 Å². The molecular weight excluding hydrogens is 204 g/mol. The van der Waals surface area contributed by atoms with Crippen molar-refractivity contribution < 1.29 is 0 Å². The molecule has 78 valence electrons. The number of nitrogens with zero attached hydrogens (tertiary/aromatic N) is 1. The minimum absolute atomic E-state index is 0.691. The van der Waals surface area contributed by atoms with Gasteiger partial charge in [-0.2, -0.15) is 0 Å². The number of nitrogens with one attached hydrogen (secondary N) is 1. The normalized spacial score (nSPS) is 15.8. The first-order valence-corrected chi connectivity index (χ1v) is 6.33. The van der Waals surface area contributed by atoms with Crippen molar-refractivity contribution in [1.29, 1.82) is 0 Å². The zero-order valence-corrected chi connectivity index (χ0v) is 9.60. The van der Waals surface area contributed by atoms with E-state index in [0.717, 1.165) is 17.1 Å². The van der Waals surface area contributed by atoms with E-state index < -0.39 is 0 Å². The highest BCUT2D eigenvalue weighted by Crippen LogP contribution is 2.31. The highest BCUT2D eigenvalue weighted by Gasteiger charge is 2.22. The predicted molar refractivity (Wildman–Crippen MR) is 65.6 cm³/mol. The number of hydrogen-bond donors (Lipinski definition) is 1. The summed E-state index contributed by atoms with van der Waals surface area (Å²) in [4.78, 5) is 4.58. The van der Waals surface area contributed by atoms with Crippen LogP contribution in [0, 0.1) is 0 Å². The smallest absolute Gasteiger partial charge is 0.184 e. The molecule has 0 saturated heterocycles. The minimum atomic E-state index is 0.691. The quantitative estimate of drug-likeness (QED) is 0.853. The maximum atomic E-state index is 4.58. The largest absolute Gasteiger partial charge is 0.359 e. The SMILES string of the molecule is CCc1ccc2nc(NC3CC3)sc2c1. The third-order valence-electron chi connectivity index (χ3n) is 2.77. The molecule has 1 N–H and O–H groups in total. The molecule has 2 nitrogen and oxygen atoms in total. The Bertz CT molecular complexity index is 485. The number of aryl methyl sites for hydroxylation is 1. The monoisotopic (exact) mass is 218 g/mol. The second-order valence-electron chi connectivity index (χ2n) is 4.09. The number of anilines is 1. The molecule has 3 rings (SSSR count). The molecule has 0 amide bonds. The third kappa shape index (κ3) is 1.84. The number of fused-ring (bicyclic) bond motifs is 1. The Hall–Kier alpha value is -1.09. The topological polar surface area (TPSA) is 24.9 Å². The van der Waals surface area contributed by atoms with Crippen LogP contribution in [0.25, 0.3) is 10.2 Å². The van der Waals surface area contributed by atoms with E-state index in [1.54, 1.807) is 11.3 Å². The van der Waals surface area contributed by atoms with Gasteiger partial charge in [0.2, 0.25) is 0 Å². The number of rotatable bonds is 3. The van der Waals surface area contributed by atoms with Gasteiger partial charge in [-0.05, 0) is 37.0 Å². The summed E-state index contributed by atoms with van der Waals surface area (Å²) in [7, 11) is 0. The molecule has 1 aliphatic carbocycles. The van der Waals surface area contributed by atoms with Gasteiger partial charge in [-0.25, -0.2) is 4.98 Å². The molecule has 15 heavy (non-hydrogen) atoms. The van der Waals surface area contributed by atoms with Crippen molar-refractivity contribution in [2.45, 2.75) is 32.2 Å². The number of aromatic nitrogens is 1. The molecule has 1 heterocycles. The molecule has 0 spiro atoms. The maximum Gasteiger partial charge on any atom is 0.184 e. The first kappa shape index (κ1) is 9.16. The van der Waals surface area contributed by atoms with E-state index in [-0.39, 0.29) is 0 Å². The van der Waals surface area contributed by atoms with E-state index in [4.69, 9.17) is 0 Å². The Kier molecular flexibility index (Phi) is 2.13. The van der Waals surface area contributed by atoms with E-state index in [1.807, 2.05) is 0 Å². The molecule has 1 aliphatic rings. The average Bonchev–Trinajstić information content (AvgIpc) is 2.96. The van der Waals surface area contributed by atoms with Crippen LogP contribution in [0.2, 0.25) is 0 Å². The fourth-order valence-electron chi connectivity index (χ4n) is 1.65. The lowest BCUT2D eigenvalue weighted by Crippen LogP contribution is -1.99. The molecule has 1 aromatic carbocycles. The van der Waals surface area contributed by atoms with Gasteiger partial charge < -0.3 is 5.32 Å². The van der Waals surface area contributed by atoms with Crippen molar-refractivity contribution in [3.63, 3.8) is 0 Å². The third-order valence-corrected chi connectivity index (χ3v) is 3.72. The van der Waals surface area contributed by atoms with Gasteiger partial charge in [-0.15, -0.1) is 0 Å². The lowest BCUT2D eigenvalue weighted by molar-refractivity contribution is 1.14. The highest BCUT2D eigenvalue weighted by atomic mass is 32.1. The van der Waals surface area contributed by atoms with Gasteiger partial charge in [0.1, 0.15) is 0 Å². The molecule has 2 aromatic rings. The molecule has 0 bridgehead atoms. The summed E-state index contributed by atoms with van der Waals surface area (Å²) >= 11 is 1.77. The number of hydrogen-bond acceptors (Lipinski definition) is 3. The van der Waals surface area contributed by atoms with Gasteiger partial charge in [0.15, 0.2) is 5.13 Å². The molecule has 0 atom stereocenters. The van der Waals surface area contributed by atoms with E-state index in [9.17, 15) is 0 Å². The zero-order valence-electron chi connectivity index (χ0n) is 8.79. The van der Waals surface area contributed by atoms with Crippen LogP contribution in [0.5, 0.6) is 0 Å². The van der Waals surface area contributed by atoms with Crippen LogP contribution in [0.3, 0.4) is 0 Å². The fraction of sp³-hybridized carbons (Fsp3) is 0.417. The summed E-state index contributed by atoms with van der Waals surface area (Å²) < 4.78 is 1.30. The highest BCUT2D eigenvalue weighted by molar-refractivity contribution is 7.22. The summed E-state index contributed by atoms with van der Waals surface area (Å²) in [6, 6.07) is 7.24. The van der Waals surface area contributed by atoms with Crippen LogP contribution in [0.4, 0.5) is 5.13 Å². The summed E-state index contributed by atoms with van der Waals surface area (Å²) in [5.41, 5.74) is 2.52. The second-order valence-corrected chi connectivity index (χ2v) is 5.12. The molecule has 1 fully saturated rings. The van der Waals surface area contributed by atoms with Gasteiger partial charge >= 0.3 is 0 Å². The van der Waals surface area contributed by atoms with Crippen LogP contribution in [-0.2, 0) is 6.42 Å². The summed E-state index contributed by atoms with van der Waals surface area (Å²) in [5, 5.41) is 4.53. The van der Waals surface area contributed by atoms with Gasteiger partial charge in [0.05, 0.1) is 10.2 Å². The Morgan fingerprint density at radius 2 is 2.33 bits per heavy atom. The lowest BCUT2D eigenvalue weighted by atomic mass is 10.2. The lowest BCUT2D eigenvalue weighted by Gasteiger charge is -1.94. The van der Waals surface area contributed by atoms with Crippen molar-refractivity contribution in [3.05, 3.63) is 23.8 Å². The molecule has 0 radical (unpaired) electrons. The second kappa shape index (κ2) is 3.49. The van der Waals surface area contributed by atoms with Crippen LogP contribution in [0.15, 0.2) is 18.2 Å². The predicted octanol–water partition coefficient (Wildman–Crippen LogP) is 3.43. The summed E-state index contributed by atoms with van der Waals surface area (Å²) in [6.45, 7) is 2.19. The minimum Gasteiger partial charge on any atom is -0.359 e. The first-order valence-electron chi connectivity index (χ1n) is 5.51.